The first kappa shape index (κ1) is 31.9. The maximum absolute atomic E-state index is 6.93. The summed E-state index contributed by atoms with van der Waals surface area (Å²) in [5.74, 6) is 2.37. The second-order valence-corrected chi connectivity index (χ2v) is 15.2. The zero-order chi connectivity index (χ0) is 37.6. The highest BCUT2D eigenvalue weighted by Gasteiger charge is 2.29. The van der Waals surface area contributed by atoms with Crippen LogP contribution in [0.1, 0.15) is 12.7 Å². The molecule has 2 aliphatic carbocycles. The van der Waals surface area contributed by atoms with Crippen molar-refractivity contribution in [3.8, 4) is 28.5 Å². The monoisotopic (exact) mass is 730 g/mol. The fourth-order valence-electron chi connectivity index (χ4n) is 9.26. The van der Waals surface area contributed by atoms with Gasteiger partial charge in [0.15, 0.2) is 23.1 Å². The van der Waals surface area contributed by atoms with Gasteiger partial charge in [-0.15, -0.1) is 0 Å². The Kier molecular flexibility index (Phi) is 6.90. The van der Waals surface area contributed by atoms with Crippen LogP contribution in [0, 0.1) is 11.8 Å². The van der Waals surface area contributed by atoms with Gasteiger partial charge in [0, 0.05) is 44.2 Å². The van der Waals surface area contributed by atoms with Crippen LogP contribution in [0.4, 0.5) is 0 Å². The normalized spacial score (nSPS) is 16.6. The summed E-state index contributed by atoms with van der Waals surface area (Å²) in [6, 6.07) is 49.3. The maximum atomic E-state index is 6.93. The van der Waals surface area contributed by atoms with Crippen molar-refractivity contribution < 1.29 is 4.42 Å². The van der Waals surface area contributed by atoms with Gasteiger partial charge in [-0.05, 0) is 69.4 Å². The largest absolute Gasteiger partial charge is 0.454 e. The number of para-hydroxylation sites is 2. The molecule has 57 heavy (non-hydrogen) atoms. The molecule has 5 nitrogen and oxygen atoms in total. The van der Waals surface area contributed by atoms with E-state index < -0.39 is 0 Å². The van der Waals surface area contributed by atoms with Gasteiger partial charge < -0.3 is 8.98 Å². The number of allylic oxidation sites excluding steroid dienone is 8. The molecule has 0 bridgehead atoms. The van der Waals surface area contributed by atoms with Crippen LogP contribution in [0.25, 0.3) is 99.3 Å². The summed E-state index contributed by atoms with van der Waals surface area (Å²) >= 11 is 0. The molecule has 3 heterocycles. The molecular weight excluding hydrogens is 697 g/mol. The Morgan fingerprint density at radius 3 is 2.12 bits per heavy atom. The lowest BCUT2D eigenvalue weighted by Gasteiger charge is -2.29. The third-order valence-electron chi connectivity index (χ3n) is 12.0. The number of aromatic nitrogens is 4. The fourth-order valence-corrected chi connectivity index (χ4v) is 9.26. The van der Waals surface area contributed by atoms with Gasteiger partial charge in [0.25, 0.3) is 0 Å². The first-order valence-corrected chi connectivity index (χ1v) is 19.6. The molecule has 7 aromatic carbocycles. The fraction of sp³-hybridized carbons (Fsp3) is 0.0577. The second-order valence-electron chi connectivity index (χ2n) is 15.2. The van der Waals surface area contributed by atoms with Crippen LogP contribution in [-0.4, -0.2) is 19.5 Å². The predicted molar refractivity (Wildman–Crippen MR) is 234 cm³/mol. The zero-order valence-corrected chi connectivity index (χ0v) is 31.1. The molecule has 268 valence electrons. The minimum absolute atomic E-state index is 0.172. The van der Waals surface area contributed by atoms with Gasteiger partial charge in [-0.25, -0.2) is 15.0 Å². The standard InChI is InChI=1S/C52H34N4O/c1-31-36-18-6-4-14-33(36)25-26-37(31)50-53-51(40-22-12-17-32-13-5-7-19-38(32)40)55-52(54-50)42-27-28-45(49-48(42)41-21-9-11-24-47(41)57-49)56-44-23-10-8-20-39(44)43-29-34-15-2-3-16-35(34)30-46(43)56/h2-31,36H,1H3. The highest BCUT2D eigenvalue weighted by Crippen LogP contribution is 2.44. The molecule has 0 spiro atoms. The predicted octanol–water partition coefficient (Wildman–Crippen LogP) is 13.2. The summed E-state index contributed by atoms with van der Waals surface area (Å²) in [5, 5.41) is 9.04. The van der Waals surface area contributed by atoms with Gasteiger partial charge in [-0.1, -0.05) is 147 Å². The van der Waals surface area contributed by atoms with Crippen molar-refractivity contribution in [1.82, 2.24) is 19.5 Å². The number of furan rings is 1. The molecule has 10 aromatic rings. The van der Waals surface area contributed by atoms with Crippen molar-refractivity contribution in [1.29, 1.82) is 0 Å². The Hall–Kier alpha value is -7.37. The van der Waals surface area contributed by atoms with Gasteiger partial charge in [0.2, 0.25) is 0 Å². The molecule has 2 aliphatic rings. The Morgan fingerprint density at radius 2 is 1.25 bits per heavy atom. The minimum atomic E-state index is 0.172. The average molecular weight is 731 g/mol. The summed E-state index contributed by atoms with van der Waals surface area (Å²) in [7, 11) is 0. The van der Waals surface area contributed by atoms with Gasteiger partial charge in [-0.2, -0.15) is 0 Å². The molecule has 0 amide bonds. The van der Waals surface area contributed by atoms with Crippen LogP contribution in [0.2, 0.25) is 0 Å². The first-order chi connectivity index (χ1) is 28.2. The summed E-state index contributed by atoms with van der Waals surface area (Å²) in [4.78, 5) is 16.0. The Labute approximate surface area is 328 Å². The summed E-state index contributed by atoms with van der Waals surface area (Å²) in [5.41, 5.74) is 9.08. The van der Waals surface area contributed by atoms with Crippen LogP contribution >= 0.6 is 0 Å². The van der Waals surface area contributed by atoms with E-state index in [1.54, 1.807) is 0 Å². The molecule has 3 aromatic heterocycles. The van der Waals surface area contributed by atoms with Crippen molar-refractivity contribution in [2.75, 3.05) is 0 Å². The quantitative estimate of drug-likeness (QED) is 0.181. The van der Waals surface area contributed by atoms with Crippen molar-refractivity contribution in [2.24, 2.45) is 11.8 Å². The summed E-state index contributed by atoms with van der Waals surface area (Å²) < 4.78 is 9.28. The van der Waals surface area contributed by atoms with Gasteiger partial charge in [-0.3, -0.25) is 0 Å². The highest BCUT2D eigenvalue weighted by atomic mass is 16.3. The summed E-state index contributed by atoms with van der Waals surface area (Å²) in [6.07, 6.45) is 13.2. The van der Waals surface area contributed by atoms with Crippen LogP contribution in [0.3, 0.4) is 0 Å². The lowest BCUT2D eigenvalue weighted by molar-refractivity contribution is 0.595. The molecule has 0 aliphatic heterocycles. The van der Waals surface area contributed by atoms with E-state index in [4.69, 9.17) is 19.4 Å². The number of rotatable bonds is 4. The lowest BCUT2D eigenvalue weighted by atomic mass is 9.76. The highest BCUT2D eigenvalue weighted by molar-refractivity contribution is 6.18. The van der Waals surface area contributed by atoms with E-state index in [0.29, 0.717) is 17.5 Å². The van der Waals surface area contributed by atoms with Gasteiger partial charge in [0.1, 0.15) is 5.58 Å². The molecular formula is C52H34N4O. The van der Waals surface area contributed by atoms with Crippen molar-refractivity contribution in [3.63, 3.8) is 0 Å². The van der Waals surface area contributed by atoms with E-state index in [-0.39, 0.29) is 11.8 Å². The smallest absolute Gasteiger partial charge is 0.164 e. The SMILES string of the molecule is CC1C(c2nc(-c3cccc4ccccc34)nc(-c3ccc(-n4c5ccccc5c5cc6ccccc6cc54)c4oc5ccccc5c34)n2)=CC=C2C=CC=CC21. The number of hydrogen-bond acceptors (Lipinski definition) is 4. The third-order valence-corrected chi connectivity index (χ3v) is 12.0. The first-order valence-electron chi connectivity index (χ1n) is 19.6. The molecule has 0 fully saturated rings. The van der Waals surface area contributed by atoms with Crippen LogP contribution in [0.5, 0.6) is 0 Å². The zero-order valence-electron chi connectivity index (χ0n) is 31.1. The molecule has 0 N–H and O–H groups in total. The van der Waals surface area contributed by atoms with Crippen molar-refractivity contribution >= 4 is 70.9 Å². The minimum Gasteiger partial charge on any atom is -0.454 e. The number of hydrogen-bond donors (Lipinski definition) is 0. The van der Waals surface area contributed by atoms with Crippen molar-refractivity contribution in [3.05, 3.63) is 187 Å². The Bertz CT molecular complexity index is 3440. The Morgan fingerprint density at radius 1 is 0.544 bits per heavy atom. The van der Waals surface area contributed by atoms with E-state index in [0.717, 1.165) is 66.1 Å². The van der Waals surface area contributed by atoms with Gasteiger partial charge in [0.05, 0.1) is 16.7 Å². The van der Waals surface area contributed by atoms with E-state index in [1.165, 1.54) is 27.1 Å². The lowest BCUT2D eigenvalue weighted by Crippen LogP contribution is -2.19. The van der Waals surface area contributed by atoms with Crippen LogP contribution in [0.15, 0.2) is 186 Å². The molecule has 0 radical (unpaired) electrons. The number of fused-ring (bicyclic) bond motifs is 9. The third kappa shape index (κ3) is 4.85. The van der Waals surface area contributed by atoms with E-state index in [1.807, 2.05) is 12.1 Å². The molecule has 2 unspecified atom stereocenters. The summed E-state index contributed by atoms with van der Waals surface area (Å²) in [6.45, 7) is 2.28. The van der Waals surface area contributed by atoms with E-state index >= 15 is 0 Å². The van der Waals surface area contributed by atoms with E-state index in [9.17, 15) is 0 Å². The Balaban J connectivity index is 1.15. The molecule has 0 saturated carbocycles. The van der Waals surface area contributed by atoms with Gasteiger partial charge >= 0.3 is 0 Å². The average Bonchev–Trinajstić information content (AvgIpc) is 3.81. The van der Waals surface area contributed by atoms with Crippen LogP contribution in [-0.2, 0) is 0 Å². The van der Waals surface area contributed by atoms with E-state index in [2.05, 4.69) is 175 Å². The van der Waals surface area contributed by atoms with Crippen molar-refractivity contribution in [2.45, 2.75) is 6.92 Å². The molecule has 0 saturated heterocycles. The van der Waals surface area contributed by atoms with Crippen LogP contribution < -0.4 is 0 Å². The topological polar surface area (TPSA) is 56.7 Å². The maximum Gasteiger partial charge on any atom is 0.164 e. The molecule has 2 atom stereocenters. The number of benzene rings is 7. The number of nitrogens with zero attached hydrogens (tertiary/aromatic N) is 4. The molecule has 12 rings (SSSR count). The molecule has 5 heteroatoms. The second kappa shape index (κ2) is 12.3.